The number of hydrogen-bond acceptors (Lipinski definition) is 3. The molecule has 3 N–H and O–H groups in total. The summed E-state index contributed by atoms with van der Waals surface area (Å²) >= 11 is 0. The first-order chi connectivity index (χ1) is 6.60. The van der Waals surface area contributed by atoms with Crippen LogP contribution in [0.1, 0.15) is 32.6 Å². The van der Waals surface area contributed by atoms with Crippen LogP contribution in [-0.4, -0.2) is 34.2 Å². The van der Waals surface area contributed by atoms with Crippen LogP contribution >= 0.6 is 0 Å². The summed E-state index contributed by atoms with van der Waals surface area (Å²) in [7, 11) is 0. The number of halogens is 1. The number of aliphatic hydroxyl groups excluding tert-OH is 3. The fourth-order valence-electron chi connectivity index (χ4n) is 1.19. The van der Waals surface area contributed by atoms with Gasteiger partial charge in [0.15, 0.2) is 0 Å². The van der Waals surface area contributed by atoms with E-state index in [4.69, 9.17) is 5.11 Å². The van der Waals surface area contributed by atoms with Crippen molar-refractivity contribution in [2.45, 2.75) is 44.8 Å². The lowest BCUT2D eigenvalue weighted by atomic mass is 10.1. The normalized spacial score (nSPS) is 16.7. The van der Waals surface area contributed by atoms with Gasteiger partial charge in [-0.15, -0.1) is 0 Å². The van der Waals surface area contributed by atoms with Gasteiger partial charge in [-0.3, -0.25) is 0 Å². The lowest BCUT2D eigenvalue weighted by Gasteiger charge is -2.10. The van der Waals surface area contributed by atoms with Crippen molar-refractivity contribution < 1.29 is 19.7 Å². The van der Waals surface area contributed by atoms with E-state index in [0.717, 1.165) is 12.5 Å². The highest BCUT2D eigenvalue weighted by molar-refractivity contribution is 4.95. The fourth-order valence-corrected chi connectivity index (χ4v) is 1.19. The highest BCUT2D eigenvalue weighted by Crippen LogP contribution is 2.08. The van der Waals surface area contributed by atoms with Crippen LogP contribution < -0.4 is 0 Å². The maximum Gasteiger partial charge on any atom is 0.146 e. The predicted octanol–water partition coefficient (Wildman–Crippen LogP) is 1.70. The van der Waals surface area contributed by atoms with Gasteiger partial charge in [-0.2, -0.15) is 0 Å². The lowest BCUT2D eigenvalue weighted by molar-refractivity contribution is 0.124. The SMILES string of the molecule is CCCC(O)CCC(O)/C=C(\O)CF. The van der Waals surface area contributed by atoms with Crippen LogP contribution in [0.25, 0.3) is 0 Å². The summed E-state index contributed by atoms with van der Waals surface area (Å²) in [5.41, 5.74) is 0. The topological polar surface area (TPSA) is 60.7 Å². The molecule has 0 saturated carbocycles. The van der Waals surface area contributed by atoms with E-state index < -0.39 is 24.6 Å². The first-order valence-electron chi connectivity index (χ1n) is 4.91. The molecule has 0 radical (unpaired) electrons. The molecule has 0 fully saturated rings. The van der Waals surface area contributed by atoms with Crippen LogP contribution in [0.2, 0.25) is 0 Å². The third-order valence-corrected chi connectivity index (χ3v) is 1.94. The first-order valence-corrected chi connectivity index (χ1v) is 4.91. The van der Waals surface area contributed by atoms with Gasteiger partial charge in [0.1, 0.15) is 12.4 Å². The summed E-state index contributed by atoms with van der Waals surface area (Å²) in [6, 6.07) is 0. The molecule has 14 heavy (non-hydrogen) atoms. The molecule has 0 aromatic carbocycles. The minimum absolute atomic E-state index is 0.339. The quantitative estimate of drug-likeness (QED) is 0.556. The first kappa shape index (κ1) is 13.4. The molecular formula is C10H19FO3. The van der Waals surface area contributed by atoms with Gasteiger partial charge in [0.25, 0.3) is 0 Å². The molecule has 2 unspecified atom stereocenters. The number of alkyl halides is 1. The Labute approximate surface area is 83.9 Å². The zero-order valence-electron chi connectivity index (χ0n) is 8.49. The highest BCUT2D eigenvalue weighted by Gasteiger charge is 2.07. The summed E-state index contributed by atoms with van der Waals surface area (Å²) in [4.78, 5) is 0. The Kier molecular flexibility index (Phi) is 7.42. The zero-order valence-corrected chi connectivity index (χ0v) is 8.49. The molecule has 0 aromatic heterocycles. The molecule has 0 aliphatic carbocycles. The van der Waals surface area contributed by atoms with Gasteiger partial charge in [-0.25, -0.2) is 4.39 Å². The Morgan fingerprint density at radius 3 is 2.43 bits per heavy atom. The Bertz CT molecular complexity index is 171. The zero-order chi connectivity index (χ0) is 11.0. The summed E-state index contributed by atoms with van der Waals surface area (Å²) in [6.07, 6.45) is 2.16. The molecule has 2 atom stereocenters. The van der Waals surface area contributed by atoms with E-state index in [9.17, 15) is 14.6 Å². The Morgan fingerprint density at radius 1 is 1.29 bits per heavy atom. The molecule has 0 aromatic rings. The third-order valence-electron chi connectivity index (χ3n) is 1.94. The maximum atomic E-state index is 11.8. The average Bonchev–Trinajstić information content (AvgIpc) is 2.15. The molecule has 0 bridgehead atoms. The van der Waals surface area contributed by atoms with E-state index >= 15 is 0 Å². The van der Waals surface area contributed by atoms with Crippen molar-refractivity contribution in [3.05, 3.63) is 11.8 Å². The lowest BCUT2D eigenvalue weighted by Crippen LogP contribution is -2.12. The fraction of sp³-hybridized carbons (Fsp3) is 0.800. The Balaban J connectivity index is 3.68. The van der Waals surface area contributed by atoms with Crippen molar-refractivity contribution in [3.63, 3.8) is 0 Å². The van der Waals surface area contributed by atoms with E-state index in [-0.39, 0.29) is 0 Å². The average molecular weight is 206 g/mol. The summed E-state index contributed by atoms with van der Waals surface area (Å²) in [5.74, 6) is -0.456. The predicted molar refractivity (Wildman–Crippen MR) is 52.8 cm³/mol. The van der Waals surface area contributed by atoms with Crippen molar-refractivity contribution >= 4 is 0 Å². The summed E-state index contributed by atoms with van der Waals surface area (Å²) < 4.78 is 11.8. The van der Waals surface area contributed by atoms with Gasteiger partial charge in [-0.05, 0) is 25.3 Å². The smallest absolute Gasteiger partial charge is 0.146 e. The summed E-state index contributed by atoms with van der Waals surface area (Å²) in [6.45, 7) is 1.00. The second-order valence-electron chi connectivity index (χ2n) is 3.38. The Hall–Kier alpha value is -0.610. The monoisotopic (exact) mass is 206 g/mol. The molecule has 0 aliphatic heterocycles. The van der Waals surface area contributed by atoms with Crippen molar-refractivity contribution in [1.29, 1.82) is 0 Å². The van der Waals surface area contributed by atoms with E-state index in [2.05, 4.69) is 0 Å². The van der Waals surface area contributed by atoms with Crippen LogP contribution in [0.4, 0.5) is 4.39 Å². The van der Waals surface area contributed by atoms with Crippen molar-refractivity contribution in [1.82, 2.24) is 0 Å². The van der Waals surface area contributed by atoms with E-state index in [1.54, 1.807) is 0 Å². The molecule has 4 heteroatoms. The number of hydrogen-bond donors (Lipinski definition) is 3. The molecule has 0 saturated heterocycles. The van der Waals surface area contributed by atoms with Gasteiger partial charge in [-0.1, -0.05) is 13.3 Å². The van der Waals surface area contributed by atoms with Gasteiger partial charge in [0.2, 0.25) is 0 Å². The van der Waals surface area contributed by atoms with Crippen LogP contribution in [0.15, 0.2) is 11.8 Å². The second kappa shape index (κ2) is 7.76. The number of allylic oxidation sites excluding steroid dienone is 1. The van der Waals surface area contributed by atoms with Crippen LogP contribution in [0.5, 0.6) is 0 Å². The standard InChI is InChI=1S/C10H19FO3/c1-2-3-8(12)4-5-9(13)6-10(14)7-11/h6,8-9,12-14H,2-5,7H2,1H3/b10-6-. The largest absolute Gasteiger partial charge is 0.510 e. The summed E-state index contributed by atoms with van der Waals surface area (Å²) in [5, 5.41) is 27.3. The molecule has 0 spiro atoms. The van der Waals surface area contributed by atoms with Crippen molar-refractivity contribution in [2.24, 2.45) is 0 Å². The molecular weight excluding hydrogens is 187 g/mol. The molecule has 0 rings (SSSR count). The van der Waals surface area contributed by atoms with Crippen LogP contribution in [-0.2, 0) is 0 Å². The van der Waals surface area contributed by atoms with E-state index in [0.29, 0.717) is 19.3 Å². The molecule has 0 aliphatic rings. The molecule has 0 heterocycles. The minimum Gasteiger partial charge on any atom is -0.510 e. The van der Waals surface area contributed by atoms with Gasteiger partial charge >= 0.3 is 0 Å². The third kappa shape index (κ3) is 6.86. The number of rotatable bonds is 7. The van der Waals surface area contributed by atoms with E-state index in [1.807, 2.05) is 6.92 Å². The second-order valence-corrected chi connectivity index (χ2v) is 3.38. The van der Waals surface area contributed by atoms with Gasteiger partial charge in [0, 0.05) is 0 Å². The van der Waals surface area contributed by atoms with E-state index in [1.165, 1.54) is 0 Å². The molecule has 3 nitrogen and oxygen atoms in total. The Morgan fingerprint density at radius 2 is 1.93 bits per heavy atom. The molecule has 0 amide bonds. The number of aliphatic hydroxyl groups is 3. The van der Waals surface area contributed by atoms with Crippen molar-refractivity contribution in [2.75, 3.05) is 6.67 Å². The van der Waals surface area contributed by atoms with Crippen LogP contribution in [0.3, 0.4) is 0 Å². The van der Waals surface area contributed by atoms with Crippen molar-refractivity contribution in [3.8, 4) is 0 Å². The molecule has 84 valence electrons. The van der Waals surface area contributed by atoms with Crippen LogP contribution in [0, 0.1) is 0 Å². The maximum absolute atomic E-state index is 11.8. The van der Waals surface area contributed by atoms with Gasteiger partial charge in [0.05, 0.1) is 12.2 Å². The van der Waals surface area contributed by atoms with Gasteiger partial charge < -0.3 is 15.3 Å². The highest BCUT2D eigenvalue weighted by atomic mass is 19.1. The minimum atomic E-state index is -0.964.